The van der Waals surface area contributed by atoms with Gasteiger partial charge in [0.25, 0.3) is 0 Å². The van der Waals surface area contributed by atoms with Crippen LogP contribution in [-0.2, 0) is 5.41 Å². The summed E-state index contributed by atoms with van der Waals surface area (Å²) in [6, 6.07) is 70.0. The summed E-state index contributed by atoms with van der Waals surface area (Å²) in [5, 5.41) is 10.7. The van der Waals surface area contributed by atoms with Crippen molar-refractivity contribution in [2.75, 3.05) is 0 Å². The molecule has 1 N–H and O–H groups in total. The van der Waals surface area contributed by atoms with Gasteiger partial charge in [-0.3, -0.25) is 4.57 Å². The fraction of sp³-hybridized carbons (Fsp3) is 0.0909. The molecule has 1 aliphatic carbocycles. The van der Waals surface area contributed by atoms with E-state index in [4.69, 9.17) is 0 Å². The van der Waals surface area contributed by atoms with Crippen molar-refractivity contribution in [3.63, 3.8) is 0 Å². The van der Waals surface area contributed by atoms with E-state index in [0.29, 0.717) is 5.92 Å². The van der Waals surface area contributed by atoms with Crippen LogP contribution in [0.2, 0.25) is 0 Å². The summed E-state index contributed by atoms with van der Waals surface area (Å²) in [6.07, 6.45) is 3.40. The molecular weight excluding hydrogens is 721 g/mol. The third kappa shape index (κ3) is 4.77. The highest BCUT2D eigenvalue weighted by Gasteiger charge is 2.46. The van der Waals surface area contributed by atoms with E-state index < -0.39 is 5.41 Å². The van der Waals surface area contributed by atoms with Crippen LogP contribution in [-0.4, -0.2) is 4.57 Å². The van der Waals surface area contributed by atoms with Crippen molar-refractivity contribution in [3.05, 3.63) is 232 Å². The molecule has 0 bridgehead atoms. The number of nitrogens with one attached hydrogen (secondary N) is 1. The number of para-hydroxylation sites is 1. The molecule has 2 aliphatic rings. The van der Waals surface area contributed by atoms with Crippen LogP contribution < -0.4 is 5.32 Å². The first-order valence-electron chi connectivity index (χ1n) is 20.4. The SMILES string of the molecule is CC1C/C=C(\n2c3ccccc3c3cc4ccccc4cc32)NC(c2ccc3c(c2)-c2ccccc2C3(c2ccccc2)c2ccccc2)c2c1sc1ccccc21. The summed E-state index contributed by atoms with van der Waals surface area (Å²) in [7, 11) is 0. The molecule has 0 radical (unpaired) electrons. The fourth-order valence-electron chi connectivity index (χ4n) is 10.4. The van der Waals surface area contributed by atoms with E-state index in [-0.39, 0.29) is 6.04 Å². The van der Waals surface area contributed by atoms with E-state index in [1.807, 2.05) is 11.3 Å². The van der Waals surface area contributed by atoms with Crippen molar-refractivity contribution in [2.45, 2.75) is 30.7 Å². The molecule has 0 fully saturated rings. The van der Waals surface area contributed by atoms with Gasteiger partial charge in [0.05, 0.1) is 22.5 Å². The Balaban J connectivity index is 1.11. The Kier molecular flexibility index (Phi) is 7.46. The second-order valence-electron chi connectivity index (χ2n) is 16.1. The van der Waals surface area contributed by atoms with Gasteiger partial charge in [0.1, 0.15) is 5.82 Å². The number of hydrogen-bond acceptors (Lipinski definition) is 2. The Morgan fingerprint density at radius 3 is 1.98 bits per heavy atom. The first kappa shape index (κ1) is 33.5. The Hall–Kier alpha value is -6.68. The maximum atomic E-state index is 4.29. The first-order valence-corrected chi connectivity index (χ1v) is 21.3. The molecule has 0 amide bonds. The fourth-order valence-corrected chi connectivity index (χ4v) is 11.7. The van der Waals surface area contributed by atoms with Gasteiger partial charge in [0.15, 0.2) is 0 Å². The lowest BCUT2D eigenvalue weighted by molar-refractivity contribution is 0.677. The van der Waals surface area contributed by atoms with E-state index in [1.54, 1.807) is 0 Å². The van der Waals surface area contributed by atoms with Crippen molar-refractivity contribution in [3.8, 4) is 11.1 Å². The molecule has 2 unspecified atom stereocenters. The number of aromatic nitrogens is 1. The average Bonchev–Trinajstić information content (AvgIpc) is 3.92. The lowest BCUT2D eigenvalue weighted by atomic mass is 9.67. The summed E-state index contributed by atoms with van der Waals surface area (Å²) >= 11 is 1.97. The van der Waals surface area contributed by atoms with E-state index in [1.165, 1.54) is 92.0 Å². The van der Waals surface area contributed by atoms with Crippen LogP contribution in [0.5, 0.6) is 0 Å². The van der Waals surface area contributed by atoms with Crippen molar-refractivity contribution >= 4 is 59.8 Å². The lowest BCUT2D eigenvalue weighted by Gasteiger charge is -2.34. The minimum Gasteiger partial charge on any atom is -0.360 e. The number of rotatable bonds is 4. The third-order valence-electron chi connectivity index (χ3n) is 13.0. The van der Waals surface area contributed by atoms with Crippen molar-refractivity contribution in [1.29, 1.82) is 0 Å². The molecule has 2 atom stereocenters. The molecule has 8 aromatic carbocycles. The standard InChI is InChI=1S/C55H40N2S/c1-35-28-31-51(57-48-26-14-11-23-42(48)45-32-36-16-8-9-17-37(36)34-49(45)57)56-53(52-43-24-12-15-27-50(43)58-54(35)52)38-29-30-47-44(33-38)41-22-10-13-25-46(41)55(47,39-18-4-2-5-19-39)40-20-6-3-7-21-40/h2-27,29-35,53,56H,28H2,1H3/b51-31-. The molecule has 0 spiro atoms. The second kappa shape index (κ2) is 12.9. The number of fused-ring (bicyclic) bond motifs is 10. The van der Waals surface area contributed by atoms with Crippen LogP contribution >= 0.6 is 11.3 Å². The smallest absolute Gasteiger partial charge is 0.107 e. The second-order valence-corrected chi connectivity index (χ2v) is 17.2. The maximum absolute atomic E-state index is 4.29. The zero-order chi connectivity index (χ0) is 38.4. The predicted octanol–water partition coefficient (Wildman–Crippen LogP) is 14.2. The summed E-state index contributed by atoms with van der Waals surface area (Å²) in [6.45, 7) is 2.41. The van der Waals surface area contributed by atoms with Crippen LogP contribution in [0, 0.1) is 0 Å². The van der Waals surface area contributed by atoms with Crippen molar-refractivity contribution in [2.24, 2.45) is 0 Å². The minimum absolute atomic E-state index is 0.0993. The van der Waals surface area contributed by atoms with Gasteiger partial charge in [0.2, 0.25) is 0 Å². The highest BCUT2D eigenvalue weighted by molar-refractivity contribution is 7.19. The molecular formula is C55H40N2S. The number of benzene rings is 8. The maximum Gasteiger partial charge on any atom is 0.107 e. The molecule has 1 aliphatic heterocycles. The zero-order valence-electron chi connectivity index (χ0n) is 32.2. The highest BCUT2D eigenvalue weighted by Crippen LogP contribution is 2.57. The van der Waals surface area contributed by atoms with Gasteiger partial charge in [-0.1, -0.05) is 165 Å². The monoisotopic (exact) mass is 760 g/mol. The highest BCUT2D eigenvalue weighted by atomic mass is 32.1. The molecule has 3 heteroatoms. The van der Waals surface area contributed by atoms with Crippen LogP contribution in [0.1, 0.15) is 63.6 Å². The van der Waals surface area contributed by atoms with Crippen LogP contribution in [0.4, 0.5) is 0 Å². The summed E-state index contributed by atoms with van der Waals surface area (Å²) in [4.78, 5) is 1.46. The van der Waals surface area contributed by atoms with Crippen LogP contribution in [0.25, 0.3) is 59.6 Å². The van der Waals surface area contributed by atoms with Gasteiger partial charge in [-0.15, -0.1) is 11.3 Å². The van der Waals surface area contributed by atoms with E-state index >= 15 is 0 Å². The topological polar surface area (TPSA) is 17.0 Å². The number of nitrogens with zero attached hydrogens (tertiary/aromatic N) is 1. The zero-order valence-corrected chi connectivity index (χ0v) is 33.0. The van der Waals surface area contributed by atoms with E-state index in [0.717, 1.165) is 12.2 Å². The number of thiophene rings is 1. The number of allylic oxidation sites excluding steroid dienone is 1. The van der Waals surface area contributed by atoms with Gasteiger partial charge in [0, 0.05) is 25.9 Å². The Bertz CT molecular complexity index is 3220. The Morgan fingerprint density at radius 2 is 1.19 bits per heavy atom. The van der Waals surface area contributed by atoms with E-state index in [9.17, 15) is 0 Å². The summed E-state index contributed by atoms with van der Waals surface area (Å²) < 4.78 is 3.84. The van der Waals surface area contributed by atoms with Gasteiger partial charge < -0.3 is 5.32 Å². The van der Waals surface area contributed by atoms with Gasteiger partial charge in [-0.05, 0) is 104 Å². The summed E-state index contributed by atoms with van der Waals surface area (Å²) in [5.74, 6) is 1.47. The molecule has 0 saturated carbocycles. The van der Waals surface area contributed by atoms with Gasteiger partial charge in [-0.25, -0.2) is 0 Å². The lowest BCUT2D eigenvalue weighted by Crippen LogP contribution is -2.29. The summed E-state index contributed by atoms with van der Waals surface area (Å²) in [5.41, 5.74) is 12.5. The molecule has 10 aromatic rings. The largest absolute Gasteiger partial charge is 0.360 e. The Morgan fingerprint density at radius 1 is 0.552 bits per heavy atom. The van der Waals surface area contributed by atoms with Crippen LogP contribution in [0.3, 0.4) is 0 Å². The van der Waals surface area contributed by atoms with Crippen molar-refractivity contribution < 1.29 is 0 Å². The van der Waals surface area contributed by atoms with E-state index in [2.05, 4.69) is 211 Å². The molecule has 276 valence electrons. The molecule has 58 heavy (non-hydrogen) atoms. The van der Waals surface area contributed by atoms with Crippen LogP contribution in [0.15, 0.2) is 194 Å². The third-order valence-corrected chi connectivity index (χ3v) is 14.4. The van der Waals surface area contributed by atoms with Crippen molar-refractivity contribution in [1.82, 2.24) is 9.88 Å². The van der Waals surface area contributed by atoms with Gasteiger partial charge in [-0.2, -0.15) is 0 Å². The quantitative estimate of drug-likeness (QED) is 0.189. The minimum atomic E-state index is -0.438. The molecule has 2 nitrogen and oxygen atoms in total. The first-order chi connectivity index (χ1) is 28.7. The normalized spacial score (nSPS) is 17.9. The van der Waals surface area contributed by atoms with Gasteiger partial charge >= 0.3 is 0 Å². The Labute approximate surface area is 342 Å². The molecule has 12 rings (SSSR count). The molecule has 2 aromatic heterocycles. The predicted molar refractivity (Wildman–Crippen MR) is 245 cm³/mol. The molecule has 3 heterocycles. The average molecular weight is 761 g/mol. The molecule has 0 saturated heterocycles. The number of hydrogen-bond donors (Lipinski definition) is 1.